The first-order chi connectivity index (χ1) is 13.7. The lowest BCUT2D eigenvalue weighted by atomic mass is 10.0. The van der Waals surface area contributed by atoms with Crippen LogP contribution in [-0.4, -0.2) is 26.6 Å². The van der Waals surface area contributed by atoms with E-state index in [1.807, 2.05) is 42.5 Å². The van der Waals surface area contributed by atoms with Crippen molar-refractivity contribution in [3.05, 3.63) is 90.4 Å². The number of amides is 2. The highest BCUT2D eigenvalue weighted by Crippen LogP contribution is 2.18. The summed E-state index contributed by atoms with van der Waals surface area (Å²) in [6.07, 6.45) is 5.00. The highest BCUT2D eigenvalue weighted by atomic mass is 16.2. The van der Waals surface area contributed by atoms with Gasteiger partial charge < -0.3 is 0 Å². The third-order valence-electron chi connectivity index (χ3n) is 4.30. The molecule has 0 aliphatic heterocycles. The summed E-state index contributed by atoms with van der Waals surface area (Å²) < 4.78 is 1.59. The second-order valence-electron chi connectivity index (χ2n) is 6.17. The van der Waals surface area contributed by atoms with Crippen molar-refractivity contribution in [1.29, 1.82) is 0 Å². The van der Waals surface area contributed by atoms with Crippen LogP contribution < -0.4 is 10.9 Å². The van der Waals surface area contributed by atoms with Crippen LogP contribution in [0.1, 0.15) is 15.9 Å². The molecule has 2 aromatic carbocycles. The maximum Gasteiger partial charge on any atom is 0.271 e. The zero-order valence-electron chi connectivity index (χ0n) is 14.9. The Morgan fingerprint density at radius 1 is 0.929 bits per heavy atom. The highest BCUT2D eigenvalue weighted by Gasteiger charge is 2.10. The topological polar surface area (TPSA) is 88.9 Å². The van der Waals surface area contributed by atoms with Gasteiger partial charge in [-0.1, -0.05) is 42.5 Å². The Morgan fingerprint density at radius 3 is 2.57 bits per heavy atom. The summed E-state index contributed by atoms with van der Waals surface area (Å²) in [5.41, 5.74) is 6.11. The molecule has 0 atom stereocenters. The largest absolute Gasteiger partial charge is 0.273 e. The van der Waals surface area contributed by atoms with E-state index in [1.54, 1.807) is 35.3 Å². The quantitative estimate of drug-likeness (QED) is 0.539. The van der Waals surface area contributed by atoms with Gasteiger partial charge in [0.15, 0.2) is 5.82 Å². The van der Waals surface area contributed by atoms with Crippen LogP contribution in [0.25, 0.3) is 16.6 Å². The molecule has 4 aromatic rings. The first-order valence-corrected chi connectivity index (χ1v) is 8.72. The van der Waals surface area contributed by atoms with Gasteiger partial charge in [-0.05, 0) is 34.5 Å². The van der Waals surface area contributed by atoms with E-state index in [0.29, 0.717) is 11.4 Å². The predicted molar refractivity (Wildman–Crippen MR) is 105 cm³/mol. The standard InChI is InChI=1S/C21H17N5O2/c27-20(13-16-7-3-6-15-5-1-2-8-18(15)16)24-25-21(28)17-9-10-19(22-14-17)26-12-4-11-23-26/h1-12,14H,13H2,(H,24,27)(H,25,28). The number of pyridine rings is 1. The van der Waals surface area contributed by atoms with E-state index in [0.717, 1.165) is 16.3 Å². The molecule has 7 nitrogen and oxygen atoms in total. The van der Waals surface area contributed by atoms with Gasteiger partial charge in [0.1, 0.15) is 0 Å². The number of rotatable bonds is 4. The van der Waals surface area contributed by atoms with Gasteiger partial charge in [0.25, 0.3) is 5.91 Å². The average Bonchev–Trinajstić information content (AvgIpc) is 3.27. The Balaban J connectivity index is 1.37. The Morgan fingerprint density at radius 2 is 1.79 bits per heavy atom. The second-order valence-corrected chi connectivity index (χ2v) is 6.17. The SMILES string of the molecule is O=C(Cc1cccc2ccccc12)NNC(=O)c1ccc(-n2cccn2)nc1. The lowest BCUT2D eigenvalue weighted by Crippen LogP contribution is -2.42. The number of nitrogens with one attached hydrogen (secondary N) is 2. The molecule has 138 valence electrons. The Hall–Kier alpha value is -4.00. The Labute approximate surface area is 161 Å². The van der Waals surface area contributed by atoms with Crippen LogP contribution in [0, 0.1) is 0 Å². The number of hydrogen-bond acceptors (Lipinski definition) is 4. The zero-order chi connectivity index (χ0) is 19.3. The van der Waals surface area contributed by atoms with Crippen molar-refractivity contribution < 1.29 is 9.59 Å². The molecule has 2 amide bonds. The molecule has 0 aliphatic rings. The second kappa shape index (κ2) is 7.71. The number of aromatic nitrogens is 3. The molecular formula is C21H17N5O2. The van der Waals surface area contributed by atoms with E-state index < -0.39 is 5.91 Å². The number of fused-ring (bicyclic) bond motifs is 1. The zero-order valence-corrected chi connectivity index (χ0v) is 14.9. The van der Waals surface area contributed by atoms with Crippen molar-refractivity contribution in [2.24, 2.45) is 0 Å². The smallest absolute Gasteiger partial charge is 0.271 e. The fraction of sp³-hybridized carbons (Fsp3) is 0.0476. The molecule has 0 fully saturated rings. The summed E-state index contributed by atoms with van der Waals surface area (Å²) in [6.45, 7) is 0. The molecular weight excluding hydrogens is 354 g/mol. The van der Waals surface area contributed by atoms with E-state index in [-0.39, 0.29) is 12.3 Å². The van der Waals surface area contributed by atoms with Gasteiger partial charge in [0.2, 0.25) is 5.91 Å². The summed E-state index contributed by atoms with van der Waals surface area (Å²) >= 11 is 0. The van der Waals surface area contributed by atoms with Crippen LogP contribution in [0.2, 0.25) is 0 Å². The maximum atomic E-state index is 12.2. The molecule has 0 saturated carbocycles. The van der Waals surface area contributed by atoms with Gasteiger partial charge in [-0.25, -0.2) is 9.67 Å². The van der Waals surface area contributed by atoms with Crippen molar-refractivity contribution in [2.45, 2.75) is 6.42 Å². The third kappa shape index (κ3) is 3.73. The molecule has 2 heterocycles. The molecule has 2 aromatic heterocycles. The molecule has 0 radical (unpaired) electrons. The van der Waals surface area contributed by atoms with Gasteiger partial charge in [-0.2, -0.15) is 5.10 Å². The molecule has 0 unspecified atom stereocenters. The van der Waals surface area contributed by atoms with Crippen LogP contribution in [-0.2, 0) is 11.2 Å². The fourth-order valence-corrected chi connectivity index (χ4v) is 2.92. The molecule has 0 saturated heterocycles. The lowest BCUT2D eigenvalue weighted by Gasteiger charge is -2.09. The van der Waals surface area contributed by atoms with Crippen LogP contribution in [0.15, 0.2) is 79.3 Å². The van der Waals surface area contributed by atoms with Crippen molar-refractivity contribution in [3.8, 4) is 5.82 Å². The lowest BCUT2D eigenvalue weighted by molar-refractivity contribution is -0.121. The summed E-state index contributed by atoms with van der Waals surface area (Å²) in [4.78, 5) is 28.7. The Bertz CT molecular complexity index is 1120. The van der Waals surface area contributed by atoms with Crippen LogP contribution >= 0.6 is 0 Å². The third-order valence-corrected chi connectivity index (χ3v) is 4.30. The molecule has 0 bridgehead atoms. The van der Waals surface area contributed by atoms with Crippen molar-refractivity contribution in [1.82, 2.24) is 25.6 Å². The minimum atomic E-state index is -0.439. The molecule has 7 heteroatoms. The van der Waals surface area contributed by atoms with Gasteiger partial charge >= 0.3 is 0 Å². The number of carbonyl (C=O) groups is 2. The first-order valence-electron chi connectivity index (χ1n) is 8.72. The molecule has 0 aliphatic carbocycles. The fourth-order valence-electron chi connectivity index (χ4n) is 2.92. The minimum absolute atomic E-state index is 0.165. The monoisotopic (exact) mass is 371 g/mol. The highest BCUT2D eigenvalue weighted by molar-refractivity contribution is 5.96. The number of carbonyl (C=O) groups excluding carboxylic acids is 2. The van der Waals surface area contributed by atoms with Crippen molar-refractivity contribution in [2.75, 3.05) is 0 Å². The normalized spacial score (nSPS) is 10.6. The predicted octanol–water partition coefficient (Wildman–Crippen LogP) is 2.42. The number of nitrogens with zero attached hydrogens (tertiary/aromatic N) is 3. The number of benzene rings is 2. The van der Waals surface area contributed by atoms with E-state index in [9.17, 15) is 9.59 Å². The summed E-state index contributed by atoms with van der Waals surface area (Å²) in [5.74, 6) is -0.141. The van der Waals surface area contributed by atoms with Crippen molar-refractivity contribution in [3.63, 3.8) is 0 Å². The van der Waals surface area contributed by atoms with E-state index in [2.05, 4.69) is 20.9 Å². The molecule has 4 rings (SSSR count). The maximum absolute atomic E-state index is 12.2. The van der Waals surface area contributed by atoms with Gasteiger partial charge in [-0.15, -0.1) is 0 Å². The average molecular weight is 371 g/mol. The number of hydrogen-bond donors (Lipinski definition) is 2. The molecule has 28 heavy (non-hydrogen) atoms. The van der Waals surface area contributed by atoms with Crippen LogP contribution in [0.5, 0.6) is 0 Å². The van der Waals surface area contributed by atoms with Crippen LogP contribution in [0.3, 0.4) is 0 Å². The summed E-state index contributed by atoms with van der Waals surface area (Å²) in [6, 6.07) is 18.8. The van der Waals surface area contributed by atoms with Crippen molar-refractivity contribution >= 4 is 22.6 Å². The van der Waals surface area contributed by atoms with Crippen LogP contribution in [0.4, 0.5) is 0 Å². The van der Waals surface area contributed by atoms with Gasteiger partial charge in [0.05, 0.1) is 12.0 Å². The van der Waals surface area contributed by atoms with E-state index in [1.165, 1.54) is 6.20 Å². The summed E-state index contributed by atoms with van der Waals surface area (Å²) in [7, 11) is 0. The van der Waals surface area contributed by atoms with Gasteiger partial charge in [0, 0.05) is 18.6 Å². The van der Waals surface area contributed by atoms with Gasteiger partial charge in [-0.3, -0.25) is 20.4 Å². The Kier molecular flexibility index (Phi) is 4.79. The summed E-state index contributed by atoms with van der Waals surface area (Å²) in [5, 5.41) is 6.17. The molecule has 2 N–H and O–H groups in total. The molecule has 0 spiro atoms. The number of hydrazine groups is 1. The minimum Gasteiger partial charge on any atom is -0.273 e. The van der Waals surface area contributed by atoms with E-state index >= 15 is 0 Å². The van der Waals surface area contributed by atoms with E-state index in [4.69, 9.17) is 0 Å². The first kappa shape index (κ1) is 17.4.